The Morgan fingerprint density at radius 2 is 1.75 bits per heavy atom. The largest absolute Gasteiger partial charge is 0.482 e. The van der Waals surface area contributed by atoms with Gasteiger partial charge in [-0.25, -0.2) is 0 Å². The number of rotatable bonds is 9. The molecule has 2 aromatic rings. The van der Waals surface area contributed by atoms with Crippen LogP contribution in [0.4, 0.5) is 0 Å². The molecule has 1 fully saturated rings. The quantitative estimate of drug-likeness (QED) is 0.510. The van der Waals surface area contributed by atoms with Gasteiger partial charge in [0.2, 0.25) is 5.91 Å². The number of hydrogen-bond donors (Lipinski definition) is 1. The summed E-state index contributed by atoms with van der Waals surface area (Å²) in [5.41, 5.74) is 0.893. The second-order valence-electron chi connectivity index (χ2n) is 8.13. The van der Waals surface area contributed by atoms with E-state index in [2.05, 4.69) is 5.32 Å². The van der Waals surface area contributed by atoms with Crippen LogP contribution >= 0.6 is 23.2 Å². The molecule has 0 aliphatic heterocycles. The number of para-hydroxylation sites is 1. The van der Waals surface area contributed by atoms with Crippen LogP contribution < -0.4 is 10.1 Å². The molecule has 0 bridgehead atoms. The highest BCUT2D eigenvalue weighted by Crippen LogP contribution is 2.24. The Kier molecular flexibility index (Phi) is 9.24. The van der Waals surface area contributed by atoms with Gasteiger partial charge in [-0.3, -0.25) is 9.59 Å². The molecule has 1 aliphatic carbocycles. The lowest BCUT2D eigenvalue weighted by atomic mass is 9.95. The van der Waals surface area contributed by atoms with Crippen molar-refractivity contribution in [1.29, 1.82) is 0 Å². The fraction of sp³-hybridized carbons (Fsp3) is 0.440. The first-order valence-electron chi connectivity index (χ1n) is 11.2. The zero-order valence-electron chi connectivity index (χ0n) is 18.4. The van der Waals surface area contributed by atoms with Crippen LogP contribution in [0, 0.1) is 0 Å². The molecule has 1 N–H and O–H groups in total. The number of carbonyl (C=O) groups is 2. The minimum atomic E-state index is -0.588. The highest BCUT2D eigenvalue weighted by Gasteiger charge is 2.30. The third-order valence-electron chi connectivity index (χ3n) is 5.79. The smallest absolute Gasteiger partial charge is 0.261 e. The second-order valence-corrected chi connectivity index (χ2v) is 8.98. The Bertz CT molecular complexity index is 898. The van der Waals surface area contributed by atoms with Crippen LogP contribution in [-0.2, 0) is 16.1 Å². The number of carbonyl (C=O) groups excluding carboxylic acids is 2. The summed E-state index contributed by atoms with van der Waals surface area (Å²) in [4.78, 5) is 28.0. The number of benzene rings is 2. The summed E-state index contributed by atoms with van der Waals surface area (Å²) in [6.45, 7) is 2.01. The van der Waals surface area contributed by atoms with Crippen molar-refractivity contribution in [2.45, 2.75) is 64.1 Å². The lowest BCUT2D eigenvalue weighted by Crippen LogP contribution is -2.52. The van der Waals surface area contributed by atoms with Gasteiger partial charge in [-0.1, -0.05) is 73.7 Å². The van der Waals surface area contributed by atoms with Gasteiger partial charge in [-0.05, 0) is 49.1 Å². The van der Waals surface area contributed by atoms with Gasteiger partial charge < -0.3 is 15.0 Å². The molecule has 1 aliphatic rings. The van der Waals surface area contributed by atoms with Crippen molar-refractivity contribution >= 4 is 35.0 Å². The molecule has 7 heteroatoms. The van der Waals surface area contributed by atoms with Gasteiger partial charge in [0.25, 0.3) is 5.91 Å². The molecule has 172 valence electrons. The first-order valence-corrected chi connectivity index (χ1v) is 11.9. The zero-order chi connectivity index (χ0) is 22.9. The summed E-state index contributed by atoms with van der Waals surface area (Å²) in [7, 11) is 0. The van der Waals surface area contributed by atoms with E-state index >= 15 is 0 Å². The molecule has 2 amide bonds. The van der Waals surface area contributed by atoms with E-state index in [4.69, 9.17) is 27.9 Å². The predicted molar refractivity (Wildman–Crippen MR) is 128 cm³/mol. The minimum absolute atomic E-state index is 0.112. The van der Waals surface area contributed by atoms with Crippen molar-refractivity contribution in [3.63, 3.8) is 0 Å². The molecule has 0 unspecified atom stereocenters. The molecule has 0 heterocycles. The maximum absolute atomic E-state index is 13.2. The van der Waals surface area contributed by atoms with Crippen LogP contribution in [0.2, 0.25) is 10.0 Å². The second kappa shape index (κ2) is 12.1. The Labute approximate surface area is 200 Å². The Hall–Kier alpha value is -2.24. The summed E-state index contributed by atoms with van der Waals surface area (Å²) in [6.07, 6.45) is 5.95. The molecular weight excluding hydrogens is 447 g/mol. The Balaban J connectivity index is 1.75. The third-order valence-corrected chi connectivity index (χ3v) is 6.36. The average molecular weight is 477 g/mol. The standard InChI is InChI=1S/C25H30Cl2N2O3/c1-2-22(25(31)28-20-8-4-3-5-9-20)29(16-18-12-14-19(26)15-13-18)24(30)17-32-23-11-7-6-10-21(23)27/h6-7,10-15,20,22H,2-5,8-9,16-17H2,1H3,(H,28,31)/t22-/m1/s1. The van der Waals surface area contributed by atoms with Crippen molar-refractivity contribution in [3.8, 4) is 5.75 Å². The van der Waals surface area contributed by atoms with Crippen molar-refractivity contribution < 1.29 is 14.3 Å². The van der Waals surface area contributed by atoms with Gasteiger partial charge in [-0.2, -0.15) is 0 Å². The van der Waals surface area contributed by atoms with Gasteiger partial charge in [-0.15, -0.1) is 0 Å². The highest BCUT2D eigenvalue weighted by molar-refractivity contribution is 6.32. The lowest BCUT2D eigenvalue weighted by Gasteiger charge is -2.32. The van der Waals surface area contributed by atoms with E-state index in [9.17, 15) is 9.59 Å². The SMILES string of the molecule is CC[C@H](C(=O)NC1CCCCC1)N(Cc1ccc(Cl)cc1)C(=O)COc1ccccc1Cl. The maximum Gasteiger partial charge on any atom is 0.261 e. The van der Waals surface area contributed by atoms with Crippen molar-refractivity contribution in [2.75, 3.05) is 6.61 Å². The van der Waals surface area contributed by atoms with Crippen LogP contribution in [0.25, 0.3) is 0 Å². The van der Waals surface area contributed by atoms with E-state index in [0.29, 0.717) is 28.8 Å². The van der Waals surface area contributed by atoms with Crippen LogP contribution in [-0.4, -0.2) is 35.4 Å². The summed E-state index contributed by atoms with van der Waals surface area (Å²) in [5, 5.41) is 4.22. The topological polar surface area (TPSA) is 58.6 Å². The van der Waals surface area contributed by atoms with Crippen LogP contribution in [0.3, 0.4) is 0 Å². The molecule has 0 saturated heterocycles. The monoisotopic (exact) mass is 476 g/mol. The van der Waals surface area contributed by atoms with E-state index in [0.717, 1.165) is 31.2 Å². The summed E-state index contributed by atoms with van der Waals surface area (Å²) >= 11 is 12.2. The first kappa shape index (κ1) is 24.4. The lowest BCUT2D eigenvalue weighted by molar-refractivity contribution is -0.143. The van der Waals surface area contributed by atoms with E-state index in [1.807, 2.05) is 19.1 Å². The first-order chi connectivity index (χ1) is 15.5. The van der Waals surface area contributed by atoms with E-state index < -0.39 is 6.04 Å². The van der Waals surface area contributed by atoms with Crippen LogP contribution in [0.5, 0.6) is 5.75 Å². The molecular formula is C25H30Cl2N2O3. The molecule has 0 aromatic heterocycles. The maximum atomic E-state index is 13.2. The normalized spacial score (nSPS) is 15.1. The predicted octanol–water partition coefficient (Wildman–Crippen LogP) is 5.63. The van der Waals surface area contributed by atoms with Gasteiger partial charge in [0.15, 0.2) is 6.61 Å². The molecule has 1 atom stereocenters. The fourth-order valence-electron chi connectivity index (χ4n) is 4.03. The summed E-state index contributed by atoms with van der Waals surface area (Å²) in [5.74, 6) is 0.0543. The number of amides is 2. The third kappa shape index (κ3) is 6.88. The summed E-state index contributed by atoms with van der Waals surface area (Å²) < 4.78 is 5.68. The highest BCUT2D eigenvalue weighted by atomic mass is 35.5. The number of ether oxygens (including phenoxy) is 1. The number of halogens is 2. The van der Waals surface area contributed by atoms with Gasteiger partial charge in [0, 0.05) is 17.6 Å². The molecule has 5 nitrogen and oxygen atoms in total. The number of hydrogen-bond acceptors (Lipinski definition) is 3. The number of nitrogens with zero attached hydrogens (tertiary/aromatic N) is 1. The average Bonchev–Trinajstić information content (AvgIpc) is 2.80. The Morgan fingerprint density at radius 3 is 2.41 bits per heavy atom. The van der Waals surface area contributed by atoms with Crippen molar-refractivity contribution in [2.24, 2.45) is 0 Å². The zero-order valence-corrected chi connectivity index (χ0v) is 19.9. The molecule has 0 spiro atoms. The van der Waals surface area contributed by atoms with Crippen LogP contribution in [0.1, 0.15) is 51.0 Å². The van der Waals surface area contributed by atoms with Crippen LogP contribution in [0.15, 0.2) is 48.5 Å². The molecule has 3 rings (SSSR count). The van der Waals surface area contributed by atoms with E-state index in [1.54, 1.807) is 41.3 Å². The molecule has 32 heavy (non-hydrogen) atoms. The van der Waals surface area contributed by atoms with E-state index in [-0.39, 0.29) is 24.5 Å². The summed E-state index contributed by atoms with van der Waals surface area (Å²) in [6, 6.07) is 13.9. The fourth-order valence-corrected chi connectivity index (χ4v) is 4.35. The van der Waals surface area contributed by atoms with Gasteiger partial charge >= 0.3 is 0 Å². The van der Waals surface area contributed by atoms with Crippen molar-refractivity contribution in [1.82, 2.24) is 10.2 Å². The minimum Gasteiger partial charge on any atom is -0.482 e. The van der Waals surface area contributed by atoms with Gasteiger partial charge in [0.1, 0.15) is 11.8 Å². The molecule has 0 radical (unpaired) electrons. The molecule has 1 saturated carbocycles. The Morgan fingerprint density at radius 1 is 1.06 bits per heavy atom. The molecule has 2 aromatic carbocycles. The van der Waals surface area contributed by atoms with Gasteiger partial charge in [0.05, 0.1) is 5.02 Å². The van der Waals surface area contributed by atoms with E-state index in [1.165, 1.54) is 6.42 Å². The van der Waals surface area contributed by atoms with Crippen molar-refractivity contribution in [3.05, 3.63) is 64.1 Å². The number of nitrogens with one attached hydrogen (secondary N) is 1.